The number of hydrogen-bond acceptors (Lipinski definition) is 5. The molecule has 0 aromatic rings. The minimum atomic E-state index is -4.36. The van der Waals surface area contributed by atoms with Crippen LogP contribution in [-0.2, 0) is 18.4 Å². The number of likely N-dealkylation sites (N-methyl/N-ethyl adjacent to an activating group) is 1. The summed E-state index contributed by atoms with van der Waals surface area (Å²) >= 11 is 0. The Labute approximate surface area is 512 Å². The first kappa shape index (κ1) is 80.7. The molecule has 8 nitrogen and oxygen atoms in total. The van der Waals surface area contributed by atoms with Crippen LogP contribution in [0.4, 0.5) is 0 Å². The Kier molecular flexibility index (Phi) is 63.2. The SMILES string of the molecule is CCCCCCCCCCCCCC/C=C/CC/C=C/CC/C=C/C(O)C(COP(=O)(O)OCC[N+](C)(C)C)NC(=O)CCCCCCCCCCCCCCCCCCCCCCCCCCCCCCCCCCCCCCCC. The quantitative estimate of drug-likeness (QED) is 0.0243. The number of quaternary nitrogens is 1. The number of rotatable bonds is 68. The van der Waals surface area contributed by atoms with Gasteiger partial charge in [-0.3, -0.25) is 13.8 Å². The van der Waals surface area contributed by atoms with Crippen molar-refractivity contribution in [2.75, 3.05) is 40.9 Å². The molecule has 0 aliphatic rings. The van der Waals surface area contributed by atoms with Gasteiger partial charge in [0.1, 0.15) is 13.2 Å². The van der Waals surface area contributed by atoms with Crippen molar-refractivity contribution in [2.45, 2.75) is 386 Å². The van der Waals surface area contributed by atoms with Gasteiger partial charge in [0, 0.05) is 6.42 Å². The second kappa shape index (κ2) is 64.2. The van der Waals surface area contributed by atoms with Crippen molar-refractivity contribution in [3.05, 3.63) is 36.5 Å². The molecular formula is C73H144N2O6P+. The Hall–Kier alpha value is -1.28. The lowest BCUT2D eigenvalue weighted by Gasteiger charge is -2.25. The molecule has 0 aliphatic heterocycles. The largest absolute Gasteiger partial charge is 0.472 e. The van der Waals surface area contributed by atoms with Crippen LogP contribution in [0, 0.1) is 0 Å². The molecular weight excluding hydrogens is 1030 g/mol. The van der Waals surface area contributed by atoms with Gasteiger partial charge in [-0.2, -0.15) is 0 Å². The summed E-state index contributed by atoms with van der Waals surface area (Å²) < 4.78 is 23.8. The zero-order valence-corrected chi connectivity index (χ0v) is 56.7. The molecule has 0 aromatic heterocycles. The van der Waals surface area contributed by atoms with Gasteiger partial charge in [0.25, 0.3) is 0 Å². The van der Waals surface area contributed by atoms with Gasteiger partial charge in [-0.25, -0.2) is 4.57 Å². The Morgan fingerprint density at radius 1 is 0.402 bits per heavy atom. The molecule has 486 valence electrons. The minimum absolute atomic E-state index is 0.0554. The third kappa shape index (κ3) is 66.2. The van der Waals surface area contributed by atoms with Crippen molar-refractivity contribution in [3.8, 4) is 0 Å². The summed E-state index contributed by atoms with van der Waals surface area (Å²) in [7, 11) is 1.56. The second-order valence-electron chi connectivity index (χ2n) is 26.3. The summed E-state index contributed by atoms with van der Waals surface area (Å²) in [6.07, 6.45) is 86.1. The van der Waals surface area contributed by atoms with Crippen molar-refractivity contribution < 1.29 is 32.9 Å². The van der Waals surface area contributed by atoms with Crippen molar-refractivity contribution in [2.24, 2.45) is 0 Å². The number of aliphatic hydroxyl groups is 1. The topological polar surface area (TPSA) is 105 Å². The first-order chi connectivity index (χ1) is 40.0. The molecule has 3 atom stereocenters. The highest BCUT2D eigenvalue weighted by Crippen LogP contribution is 2.43. The number of carbonyl (C=O) groups excluding carboxylic acids is 1. The molecule has 0 fully saturated rings. The normalized spacial score (nSPS) is 13.8. The van der Waals surface area contributed by atoms with Crippen LogP contribution in [0.2, 0.25) is 0 Å². The molecule has 1 amide bonds. The standard InChI is InChI=1S/C73H143N2O6P/c1-6-8-10-12-14-16-18-20-22-24-26-28-30-31-32-33-34-35-36-37-38-39-40-41-42-43-44-45-47-49-51-53-55-57-59-61-63-65-67-73(77)74-71(70-81-82(78,79)80-69-68-75(3,4)5)72(76)66-64-62-60-58-56-54-52-50-48-46-29-27-25-23-21-19-17-15-13-11-9-7-2/h48,50,56,58,64,66,71-72,76H,6-47,49,51-55,57,59-63,65,67-70H2,1-5H3,(H-,74,77,78,79)/p+1/b50-48+,58-56+,66-64+. The Bertz CT molecular complexity index is 1430. The molecule has 0 aliphatic carbocycles. The van der Waals surface area contributed by atoms with Gasteiger partial charge in [0.2, 0.25) is 5.91 Å². The minimum Gasteiger partial charge on any atom is -0.387 e. The summed E-state index contributed by atoms with van der Waals surface area (Å²) in [6.45, 7) is 4.84. The van der Waals surface area contributed by atoms with Crippen LogP contribution in [0.1, 0.15) is 373 Å². The number of allylic oxidation sites excluding steroid dienone is 5. The number of aliphatic hydroxyl groups excluding tert-OH is 1. The first-order valence-electron chi connectivity index (χ1n) is 36.4. The van der Waals surface area contributed by atoms with Crippen LogP contribution in [0.5, 0.6) is 0 Å². The highest BCUT2D eigenvalue weighted by atomic mass is 31.2. The maximum absolute atomic E-state index is 13.0. The van der Waals surface area contributed by atoms with E-state index in [0.29, 0.717) is 17.4 Å². The van der Waals surface area contributed by atoms with Crippen molar-refractivity contribution in [1.29, 1.82) is 0 Å². The molecule has 0 saturated carbocycles. The molecule has 0 heterocycles. The number of phosphoric ester groups is 1. The van der Waals surface area contributed by atoms with Gasteiger partial charge in [-0.1, -0.05) is 359 Å². The number of nitrogens with zero attached hydrogens (tertiary/aromatic N) is 1. The second-order valence-corrected chi connectivity index (χ2v) is 27.8. The van der Waals surface area contributed by atoms with E-state index >= 15 is 0 Å². The van der Waals surface area contributed by atoms with Gasteiger partial charge in [-0.15, -0.1) is 0 Å². The predicted molar refractivity (Wildman–Crippen MR) is 360 cm³/mol. The zero-order valence-electron chi connectivity index (χ0n) is 55.8. The highest BCUT2D eigenvalue weighted by Gasteiger charge is 2.28. The summed E-state index contributed by atoms with van der Waals surface area (Å²) in [5.41, 5.74) is 0. The van der Waals surface area contributed by atoms with Crippen molar-refractivity contribution in [1.82, 2.24) is 5.32 Å². The third-order valence-corrected chi connectivity index (χ3v) is 17.8. The Morgan fingerprint density at radius 2 is 0.671 bits per heavy atom. The van der Waals surface area contributed by atoms with Crippen molar-refractivity contribution in [3.63, 3.8) is 0 Å². The van der Waals surface area contributed by atoms with Crippen LogP contribution in [0.25, 0.3) is 0 Å². The number of unbranched alkanes of at least 4 members (excludes halogenated alkanes) is 51. The average Bonchev–Trinajstić information content (AvgIpc) is 3.46. The third-order valence-electron chi connectivity index (χ3n) is 16.8. The lowest BCUT2D eigenvalue weighted by Crippen LogP contribution is -2.45. The van der Waals surface area contributed by atoms with Crippen molar-refractivity contribution >= 4 is 13.7 Å². The number of nitrogens with one attached hydrogen (secondary N) is 1. The molecule has 0 spiro atoms. The lowest BCUT2D eigenvalue weighted by atomic mass is 10.0. The van der Waals surface area contributed by atoms with E-state index in [4.69, 9.17) is 9.05 Å². The molecule has 0 saturated heterocycles. The van der Waals surface area contributed by atoms with E-state index in [1.54, 1.807) is 6.08 Å². The van der Waals surface area contributed by atoms with E-state index in [0.717, 1.165) is 44.9 Å². The zero-order chi connectivity index (χ0) is 59.8. The summed E-state index contributed by atoms with van der Waals surface area (Å²) in [5.74, 6) is -0.183. The van der Waals surface area contributed by atoms with E-state index in [-0.39, 0.29) is 19.1 Å². The fourth-order valence-corrected chi connectivity index (χ4v) is 11.9. The van der Waals surface area contributed by atoms with Crippen LogP contribution in [0.15, 0.2) is 36.5 Å². The van der Waals surface area contributed by atoms with E-state index in [2.05, 4.69) is 43.5 Å². The summed E-state index contributed by atoms with van der Waals surface area (Å²) in [4.78, 5) is 23.4. The molecule has 0 bridgehead atoms. The molecule has 9 heteroatoms. The maximum Gasteiger partial charge on any atom is 0.472 e. The molecule has 82 heavy (non-hydrogen) atoms. The summed E-state index contributed by atoms with van der Waals surface area (Å²) in [6, 6.07) is -0.869. The molecule has 0 radical (unpaired) electrons. The highest BCUT2D eigenvalue weighted by molar-refractivity contribution is 7.47. The fourth-order valence-electron chi connectivity index (χ4n) is 11.2. The molecule has 0 aromatic carbocycles. The van der Waals surface area contributed by atoms with Gasteiger partial charge in [-0.05, 0) is 44.9 Å². The number of amides is 1. The van der Waals surface area contributed by atoms with E-state index < -0.39 is 20.0 Å². The Morgan fingerprint density at radius 3 is 0.976 bits per heavy atom. The Balaban J connectivity index is 3.97. The van der Waals surface area contributed by atoms with E-state index in [1.807, 2.05) is 27.2 Å². The number of hydrogen-bond donors (Lipinski definition) is 3. The molecule has 3 unspecified atom stereocenters. The maximum atomic E-state index is 13.0. The van der Waals surface area contributed by atoms with Crippen LogP contribution in [-0.4, -0.2) is 73.4 Å². The summed E-state index contributed by atoms with van der Waals surface area (Å²) in [5, 5.41) is 14.0. The van der Waals surface area contributed by atoms with Gasteiger partial charge in [0.15, 0.2) is 0 Å². The smallest absolute Gasteiger partial charge is 0.387 e. The van der Waals surface area contributed by atoms with E-state index in [1.165, 1.54) is 308 Å². The number of phosphoric acid groups is 1. The average molecular weight is 1180 g/mol. The number of carbonyl (C=O) groups is 1. The van der Waals surface area contributed by atoms with Gasteiger partial charge >= 0.3 is 7.82 Å². The van der Waals surface area contributed by atoms with Crippen LogP contribution in [0.3, 0.4) is 0 Å². The lowest BCUT2D eigenvalue weighted by molar-refractivity contribution is -0.870. The first-order valence-corrected chi connectivity index (χ1v) is 37.9. The monoisotopic (exact) mass is 1180 g/mol. The predicted octanol–water partition coefficient (Wildman–Crippen LogP) is 23.2. The fraction of sp³-hybridized carbons (Fsp3) is 0.904. The molecule has 3 N–H and O–H groups in total. The van der Waals surface area contributed by atoms with Crippen LogP contribution >= 0.6 is 7.82 Å². The van der Waals surface area contributed by atoms with Gasteiger partial charge < -0.3 is 19.8 Å². The van der Waals surface area contributed by atoms with Crippen LogP contribution < -0.4 is 5.32 Å². The molecule has 0 rings (SSSR count). The van der Waals surface area contributed by atoms with Gasteiger partial charge in [0.05, 0.1) is 39.9 Å². The van der Waals surface area contributed by atoms with E-state index in [9.17, 15) is 19.4 Å².